The minimum Gasteiger partial charge on any atom is -0.398 e. The first-order chi connectivity index (χ1) is 4.74. The van der Waals surface area contributed by atoms with Gasteiger partial charge in [-0.25, -0.2) is 4.39 Å². The van der Waals surface area contributed by atoms with E-state index in [2.05, 4.69) is 0 Å². The molecule has 0 aliphatic rings. The van der Waals surface area contributed by atoms with E-state index in [4.69, 9.17) is 11.5 Å². The van der Waals surface area contributed by atoms with Gasteiger partial charge in [-0.15, -0.1) is 12.4 Å². The molecule has 0 spiro atoms. The summed E-state index contributed by atoms with van der Waals surface area (Å²) >= 11 is 0. The highest BCUT2D eigenvalue weighted by Crippen LogP contribution is 2.11. The summed E-state index contributed by atoms with van der Waals surface area (Å²) in [5, 5.41) is 0. The smallest absolute Gasteiger partial charge is 0.125 e. The molecule has 1 aromatic rings. The van der Waals surface area contributed by atoms with E-state index in [-0.39, 0.29) is 18.2 Å². The van der Waals surface area contributed by atoms with Crippen molar-refractivity contribution in [2.45, 2.75) is 6.54 Å². The predicted octanol–water partition coefficient (Wildman–Crippen LogP) is 1.29. The molecule has 1 rings (SSSR count). The van der Waals surface area contributed by atoms with Crippen molar-refractivity contribution in [3.05, 3.63) is 29.6 Å². The number of halogens is 2. The Balaban J connectivity index is 0.000001000. The molecule has 0 saturated carbocycles. The quantitative estimate of drug-likeness (QED) is 0.634. The molecule has 0 heterocycles. The molecule has 0 fully saturated rings. The monoisotopic (exact) mass is 176 g/mol. The standard InChI is InChI=1S/C7H9FN2.ClH/c8-6-2-1-5(4-9)7(10)3-6;/h1-3H,4,9-10H2;1H. The molecule has 4 N–H and O–H groups in total. The van der Waals surface area contributed by atoms with Gasteiger partial charge in [-0.05, 0) is 17.7 Å². The molecule has 0 aromatic heterocycles. The van der Waals surface area contributed by atoms with Crippen molar-refractivity contribution in [2.24, 2.45) is 5.73 Å². The molecule has 4 heteroatoms. The van der Waals surface area contributed by atoms with Gasteiger partial charge in [0.25, 0.3) is 0 Å². The van der Waals surface area contributed by atoms with Crippen LogP contribution in [0.25, 0.3) is 0 Å². The molecule has 1 aromatic carbocycles. The summed E-state index contributed by atoms with van der Waals surface area (Å²) in [6.07, 6.45) is 0. The van der Waals surface area contributed by atoms with Gasteiger partial charge in [0.15, 0.2) is 0 Å². The Morgan fingerprint density at radius 2 is 2.00 bits per heavy atom. The van der Waals surface area contributed by atoms with Gasteiger partial charge in [-0.2, -0.15) is 0 Å². The first kappa shape index (κ1) is 10.2. The van der Waals surface area contributed by atoms with Crippen LogP contribution in [0.2, 0.25) is 0 Å². The van der Waals surface area contributed by atoms with Crippen molar-refractivity contribution < 1.29 is 4.39 Å². The lowest BCUT2D eigenvalue weighted by atomic mass is 10.2. The van der Waals surface area contributed by atoms with Crippen molar-refractivity contribution >= 4 is 18.1 Å². The van der Waals surface area contributed by atoms with E-state index in [1.165, 1.54) is 12.1 Å². The van der Waals surface area contributed by atoms with Crippen molar-refractivity contribution in [3.63, 3.8) is 0 Å². The first-order valence-corrected chi connectivity index (χ1v) is 2.98. The lowest BCUT2D eigenvalue weighted by molar-refractivity contribution is 0.628. The van der Waals surface area contributed by atoms with E-state index in [0.717, 1.165) is 5.56 Å². The molecule has 0 unspecified atom stereocenters. The minimum atomic E-state index is -0.324. The van der Waals surface area contributed by atoms with Crippen molar-refractivity contribution in [1.82, 2.24) is 0 Å². The Bertz CT molecular complexity index is 240. The molecule has 11 heavy (non-hydrogen) atoms. The lowest BCUT2D eigenvalue weighted by Gasteiger charge is -2.00. The van der Waals surface area contributed by atoms with E-state index < -0.39 is 0 Å². The van der Waals surface area contributed by atoms with Crippen LogP contribution in [0.15, 0.2) is 18.2 Å². The van der Waals surface area contributed by atoms with Crippen LogP contribution >= 0.6 is 12.4 Å². The van der Waals surface area contributed by atoms with Crippen molar-refractivity contribution in [2.75, 3.05) is 5.73 Å². The highest BCUT2D eigenvalue weighted by atomic mass is 35.5. The van der Waals surface area contributed by atoms with Crippen LogP contribution in [0.5, 0.6) is 0 Å². The lowest BCUT2D eigenvalue weighted by Crippen LogP contribution is -2.01. The largest absolute Gasteiger partial charge is 0.398 e. The zero-order chi connectivity index (χ0) is 7.56. The summed E-state index contributed by atoms with van der Waals surface area (Å²) in [4.78, 5) is 0. The molecule has 62 valence electrons. The van der Waals surface area contributed by atoms with Gasteiger partial charge in [-0.1, -0.05) is 6.07 Å². The van der Waals surface area contributed by atoms with Crippen LogP contribution in [0.4, 0.5) is 10.1 Å². The van der Waals surface area contributed by atoms with Crippen LogP contribution in [-0.4, -0.2) is 0 Å². The molecule has 0 radical (unpaired) electrons. The number of nitrogen functional groups attached to an aromatic ring is 1. The fraction of sp³-hybridized carbons (Fsp3) is 0.143. The van der Waals surface area contributed by atoms with E-state index in [1.54, 1.807) is 6.07 Å². The fourth-order valence-corrected chi connectivity index (χ4v) is 0.752. The van der Waals surface area contributed by atoms with E-state index in [1.807, 2.05) is 0 Å². The number of hydrogen-bond acceptors (Lipinski definition) is 2. The van der Waals surface area contributed by atoms with E-state index in [0.29, 0.717) is 12.2 Å². The molecule has 0 amide bonds. The maximum atomic E-state index is 12.4. The SMILES string of the molecule is Cl.NCc1ccc(F)cc1N. The average Bonchev–Trinajstić information content (AvgIpc) is 1.88. The maximum absolute atomic E-state index is 12.4. The molecular formula is C7H10ClFN2. The highest BCUT2D eigenvalue weighted by molar-refractivity contribution is 5.85. The molecule has 0 atom stereocenters. The topological polar surface area (TPSA) is 52.0 Å². The van der Waals surface area contributed by atoms with E-state index >= 15 is 0 Å². The number of benzene rings is 1. The number of hydrogen-bond donors (Lipinski definition) is 2. The molecule has 0 aliphatic heterocycles. The Labute approximate surface area is 70.8 Å². The van der Waals surface area contributed by atoms with Crippen molar-refractivity contribution in [1.29, 1.82) is 0 Å². The fourth-order valence-electron chi connectivity index (χ4n) is 0.752. The summed E-state index contributed by atoms with van der Waals surface area (Å²) in [7, 11) is 0. The van der Waals surface area contributed by atoms with Crippen LogP contribution in [-0.2, 0) is 6.54 Å². The third-order valence-electron chi connectivity index (χ3n) is 1.33. The normalized spacial score (nSPS) is 8.91. The highest BCUT2D eigenvalue weighted by Gasteiger charge is 1.96. The third kappa shape index (κ3) is 2.37. The summed E-state index contributed by atoms with van der Waals surface area (Å²) in [6.45, 7) is 0.353. The molecule has 0 saturated heterocycles. The Morgan fingerprint density at radius 3 is 2.45 bits per heavy atom. The van der Waals surface area contributed by atoms with Gasteiger partial charge in [0.1, 0.15) is 5.82 Å². The van der Waals surface area contributed by atoms with Crippen molar-refractivity contribution in [3.8, 4) is 0 Å². The Hall–Kier alpha value is -0.800. The summed E-state index contributed by atoms with van der Waals surface area (Å²) in [6, 6.07) is 4.20. The average molecular weight is 177 g/mol. The second-order valence-corrected chi connectivity index (χ2v) is 2.05. The maximum Gasteiger partial charge on any atom is 0.125 e. The number of anilines is 1. The van der Waals surface area contributed by atoms with Crippen LogP contribution < -0.4 is 11.5 Å². The van der Waals surface area contributed by atoms with E-state index in [9.17, 15) is 4.39 Å². The Kier molecular flexibility index (Phi) is 3.85. The van der Waals surface area contributed by atoms with Crippen LogP contribution in [0, 0.1) is 5.82 Å². The summed E-state index contributed by atoms with van der Waals surface area (Å²) in [5.74, 6) is -0.324. The first-order valence-electron chi connectivity index (χ1n) is 2.98. The van der Waals surface area contributed by atoms with Gasteiger partial charge in [0.05, 0.1) is 0 Å². The predicted molar refractivity (Wildman–Crippen MR) is 46.0 cm³/mol. The second kappa shape index (κ2) is 4.16. The summed E-state index contributed by atoms with van der Waals surface area (Å²) in [5.41, 5.74) is 11.9. The summed E-state index contributed by atoms with van der Waals surface area (Å²) < 4.78 is 12.4. The number of nitrogens with two attached hydrogens (primary N) is 2. The number of rotatable bonds is 1. The van der Waals surface area contributed by atoms with Gasteiger partial charge >= 0.3 is 0 Å². The van der Waals surface area contributed by atoms with Crippen LogP contribution in [0.3, 0.4) is 0 Å². The molecular weight excluding hydrogens is 167 g/mol. The van der Waals surface area contributed by atoms with Gasteiger partial charge in [0.2, 0.25) is 0 Å². The Morgan fingerprint density at radius 1 is 1.36 bits per heavy atom. The zero-order valence-electron chi connectivity index (χ0n) is 5.88. The third-order valence-corrected chi connectivity index (χ3v) is 1.33. The van der Waals surface area contributed by atoms with Gasteiger partial charge in [-0.3, -0.25) is 0 Å². The van der Waals surface area contributed by atoms with Crippen LogP contribution in [0.1, 0.15) is 5.56 Å². The molecule has 0 bridgehead atoms. The van der Waals surface area contributed by atoms with Gasteiger partial charge in [0, 0.05) is 12.2 Å². The zero-order valence-corrected chi connectivity index (χ0v) is 6.70. The molecule has 2 nitrogen and oxygen atoms in total. The minimum absolute atomic E-state index is 0. The van der Waals surface area contributed by atoms with Gasteiger partial charge < -0.3 is 11.5 Å². The molecule has 0 aliphatic carbocycles. The second-order valence-electron chi connectivity index (χ2n) is 2.05.